The van der Waals surface area contributed by atoms with Gasteiger partial charge in [0.25, 0.3) is 0 Å². The zero-order valence-electron chi connectivity index (χ0n) is 15.0. The molecule has 0 N–H and O–H groups in total. The summed E-state index contributed by atoms with van der Waals surface area (Å²) in [6.45, 7) is 0.780. The highest BCUT2D eigenvalue weighted by Gasteiger charge is 2.29. The van der Waals surface area contributed by atoms with Crippen LogP contribution in [-0.4, -0.2) is 4.57 Å². The van der Waals surface area contributed by atoms with Crippen LogP contribution in [0, 0.1) is 0 Å². The Balaban J connectivity index is 1.56. The van der Waals surface area contributed by atoms with E-state index in [-0.39, 0.29) is 0 Å². The number of fused-ring (bicyclic) bond motifs is 1. The summed E-state index contributed by atoms with van der Waals surface area (Å²) in [6.07, 6.45) is -2.16. The molecule has 1 nitrogen and oxygen atoms in total. The fourth-order valence-corrected chi connectivity index (χ4v) is 4.23. The largest absolute Gasteiger partial charge is 0.416 e. The summed E-state index contributed by atoms with van der Waals surface area (Å²) in [4.78, 5) is 1.13. The fourth-order valence-electron chi connectivity index (χ4n) is 3.19. The van der Waals surface area contributed by atoms with Gasteiger partial charge in [-0.3, -0.25) is 0 Å². The van der Waals surface area contributed by atoms with Gasteiger partial charge in [-0.25, -0.2) is 0 Å². The lowest BCUT2D eigenvalue weighted by Crippen LogP contribution is -2.04. The van der Waals surface area contributed by atoms with Crippen LogP contribution in [0.15, 0.2) is 90.0 Å². The van der Waals surface area contributed by atoms with E-state index in [1.807, 2.05) is 30.3 Å². The number of para-hydroxylation sites is 1. The lowest BCUT2D eigenvalue weighted by molar-refractivity contribution is -0.137. The molecule has 0 bridgehead atoms. The lowest BCUT2D eigenvalue weighted by Gasteiger charge is -2.07. The molecule has 0 fully saturated rings. The first kappa shape index (κ1) is 18.7. The van der Waals surface area contributed by atoms with Crippen LogP contribution in [0.25, 0.3) is 10.9 Å². The zero-order chi connectivity index (χ0) is 19.6. The third kappa shape index (κ3) is 4.09. The van der Waals surface area contributed by atoms with Crippen LogP contribution in [0.3, 0.4) is 0 Å². The van der Waals surface area contributed by atoms with Crippen LogP contribution < -0.4 is 0 Å². The number of halogens is 3. The van der Waals surface area contributed by atoms with Crippen molar-refractivity contribution in [3.8, 4) is 0 Å². The summed E-state index contributed by atoms with van der Waals surface area (Å²) < 4.78 is 40.4. The first-order chi connectivity index (χ1) is 13.5. The zero-order valence-corrected chi connectivity index (χ0v) is 15.8. The molecule has 0 saturated heterocycles. The molecule has 5 heteroatoms. The topological polar surface area (TPSA) is 4.93 Å². The number of hydrogen-bond acceptors (Lipinski definition) is 1. The van der Waals surface area contributed by atoms with E-state index in [0.29, 0.717) is 5.75 Å². The molecule has 0 atom stereocenters. The molecular weight excluding hydrogens is 379 g/mol. The summed E-state index contributed by atoms with van der Waals surface area (Å²) in [6, 6.07) is 23.9. The second-order valence-electron chi connectivity index (χ2n) is 6.61. The second-order valence-corrected chi connectivity index (χ2v) is 7.62. The van der Waals surface area contributed by atoms with Gasteiger partial charge in [0.05, 0.1) is 5.56 Å². The van der Waals surface area contributed by atoms with E-state index in [1.165, 1.54) is 5.56 Å². The normalized spacial score (nSPS) is 11.8. The summed E-state index contributed by atoms with van der Waals surface area (Å²) >= 11 is 1.65. The summed E-state index contributed by atoms with van der Waals surface area (Å²) in [5.74, 6) is 0.623. The molecule has 0 amide bonds. The highest BCUT2D eigenvalue weighted by Crippen LogP contribution is 2.34. The summed E-state index contributed by atoms with van der Waals surface area (Å²) in [5, 5.41) is 1.16. The molecule has 0 saturated carbocycles. The third-order valence-corrected chi connectivity index (χ3v) is 5.74. The molecular formula is C23H18F3NS. The van der Waals surface area contributed by atoms with Gasteiger partial charge in [-0.2, -0.15) is 13.2 Å². The fraction of sp³-hybridized carbons (Fsp3) is 0.130. The molecule has 1 heterocycles. The van der Waals surface area contributed by atoms with E-state index in [1.54, 1.807) is 23.9 Å². The van der Waals surface area contributed by atoms with Gasteiger partial charge in [-0.1, -0.05) is 60.7 Å². The van der Waals surface area contributed by atoms with Gasteiger partial charge in [-0.15, -0.1) is 11.8 Å². The van der Waals surface area contributed by atoms with Crippen LogP contribution in [0.1, 0.15) is 16.7 Å². The van der Waals surface area contributed by atoms with Gasteiger partial charge < -0.3 is 4.57 Å². The number of alkyl halides is 3. The van der Waals surface area contributed by atoms with Crippen molar-refractivity contribution in [1.82, 2.24) is 4.57 Å². The molecule has 0 unspecified atom stereocenters. The van der Waals surface area contributed by atoms with Crippen molar-refractivity contribution >= 4 is 22.7 Å². The van der Waals surface area contributed by atoms with Crippen LogP contribution >= 0.6 is 11.8 Å². The smallest absolute Gasteiger partial charge is 0.342 e. The van der Waals surface area contributed by atoms with E-state index in [4.69, 9.17) is 0 Å². The Morgan fingerprint density at radius 1 is 0.750 bits per heavy atom. The van der Waals surface area contributed by atoms with Gasteiger partial charge in [0, 0.05) is 34.3 Å². The van der Waals surface area contributed by atoms with E-state index in [9.17, 15) is 13.2 Å². The number of nitrogens with zero attached hydrogens (tertiary/aromatic N) is 1. The molecule has 0 aliphatic heterocycles. The molecule has 3 aromatic carbocycles. The first-order valence-electron chi connectivity index (χ1n) is 8.91. The number of thioether (sulfide) groups is 1. The minimum absolute atomic E-state index is 0.610. The van der Waals surface area contributed by atoms with Gasteiger partial charge in [0.1, 0.15) is 0 Å². The van der Waals surface area contributed by atoms with E-state index < -0.39 is 11.7 Å². The Labute approximate surface area is 165 Å². The van der Waals surface area contributed by atoms with Crippen molar-refractivity contribution in [2.75, 3.05) is 0 Å². The van der Waals surface area contributed by atoms with Crippen molar-refractivity contribution in [2.24, 2.45) is 0 Å². The standard InChI is InChI=1S/C23H18F3NS/c24-23(25,26)19-12-10-18(11-13-19)16-28-22-15-27(14-17-6-2-1-3-7-17)21-9-5-4-8-20(21)22/h1-13,15H,14,16H2. The highest BCUT2D eigenvalue weighted by atomic mass is 32.2. The number of aromatic nitrogens is 1. The molecule has 28 heavy (non-hydrogen) atoms. The maximum absolute atomic E-state index is 12.7. The molecule has 0 aliphatic rings. The van der Waals surface area contributed by atoms with Crippen molar-refractivity contribution < 1.29 is 13.2 Å². The Morgan fingerprint density at radius 3 is 2.14 bits per heavy atom. The lowest BCUT2D eigenvalue weighted by atomic mass is 10.1. The number of benzene rings is 3. The first-order valence-corrected chi connectivity index (χ1v) is 9.90. The predicted molar refractivity (Wildman–Crippen MR) is 108 cm³/mol. The molecule has 4 rings (SSSR count). The van der Waals surface area contributed by atoms with Crippen molar-refractivity contribution in [2.45, 2.75) is 23.4 Å². The Bertz CT molecular complexity index is 1070. The number of rotatable bonds is 5. The maximum atomic E-state index is 12.7. The van der Waals surface area contributed by atoms with Crippen LogP contribution in [0.5, 0.6) is 0 Å². The van der Waals surface area contributed by atoms with Gasteiger partial charge in [-0.05, 0) is 29.3 Å². The Kier molecular flexibility index (Phi) is 5.18. The molecule has 0 spiro atoms. The predicted octanol–water partition coefficient (Wildman–Crippen LogP) is 7.00. The molecule has 1 aromatic heterocycles. The monoisotopic (exact) mass is 397 g/mol. The van der Waals surface area contributed by atoms with E-state index >= 15 is 0 Å². The maximum Gasteiger partial charge on any atom is 0.416 e. The molecule has 142 valence electrons. The summed E-state index contributed by atoms with van der Waals surface area (Å²) in [5.41, 5.74) is 2.64. The molecule has 4 aromatic rings. The van der Waals surface area contributed by atoms with Crippen molar-refractivity contribution in [3.05, 3.63) is 102 Å². The number of hydrogen-bond donors (Lipinski definition) is 0. The Hall–Kier alpha value is -2.66. The average molecular weight is 397 g/mol. The second kappa shape index (κ2) is 7.76. The van der Waals surface area contributed by atoms with Crippen LogP contribution in [0.2, 0.25) is 0 Å². The van der Waals surface area contributed by atoms with E-state index in [2.05, 4.69) is 35.0 Å². The minimum Gasteiger partial charge on any atom is -0.342 e. The van der Waals surface area contributed by atoms with Gasteiger partial charge in [0.2, 0.25) is 0 Å². The van der Waals surface area contributed by atoms with Crippen molar-refractivity contribution in [3.63, 3.8) is 0 Å². The van der Waals surface area contributed by atoms with E-state index in [0.717, 1.165) is 40.0 Å². The molecule has 0 radical (unpaired) electrons. The van der Waals surface area contributed by atoms with Crippen LogP contribution in [0.4, 0.5) is 13.2 Å². The minimum atomic E-state index is -4.30. The van der Waals surface area contributed by atoms with Gasteiger partial charge >= 0.3 is 6.18 Å². The van der Waals surface area contributed by atoms with Crippen LogP contribution in [-0.2, 0) is 18.5 Å². The SMILES string of the molecule is FC(F)(F)c1ccc(CSc2cn(Cc3ccccc3)c3ccccc23)cc1. The molecule has 0 aliphatic carbocycles. The average Bonchev–Trinajstić information content (AvgIpc) is 3.05. The van der Waals surface area contributed by atoms with Crippen molar-refractivity contribution in [1.29, 1.82) is 0 Å². The summed E-state index contributed by atoms with van der Waals surface area (Å²) in [7, 11) is 0. The Morgan fingerprint density at radius 2 is 1.43 bits per heavy atom. The third-order valence-electron chi connectivity index (χ3n) is 4.62. The highest BCUT2D eigenvalue weighted by molar-refractivity contribution is 7.98. The van der Waals surface area contributed by atoms with Gasteiger partial charge in [0.15, 0.2) is 0 Å². The quantitative estimate of drug-likeness (QED) is 0.328.